The first-order valence-corrected chi connectivity index (χ1v) is 10.7. The lowest BCUT2D eigenvalue weighted by molar-refractivity contribution is -0.135. The van der Waals surface area contributed by atoms with Gasteiger partial charge < -0.3 is 14.9 Å². The van der Waals surface area contributed by atoms with E-state index in [4.69, 9.17) is 0 Å². The molecule has 1 amide bonds. The average Bonchev–Trinajstić information content (AvgIpc) is 2.93. The van der Waals surface area contributed by atoms with E-state index in [1.54, 1.807) is 0 Å². The van der Waals surface area contributed by atoms with E-state index in [0.717, 1.165) is 69.9 Å². The fourth-order valence-electron chi connectivity index (χ4n) is 4.69. The van der Waals surface area contributed by atoms with Gasteiger partial charge in [-0.25, -0.2) is 0 Å². The number of carbonyl (C=O) groups excluding carboxylic acids is 1. The summed E-state index contributed by atoms with van der Waals surface area (Å²) in [6.07, 6.45) is 2.82. The molecule has 7 heteroatoms. The normalized spacial score (nSPS) is 24.7. The van der Waals surface area contributed by atoms with Crippen molar-refractivity contribution in [2.24, 2.45) is 5.92 Å². The van der Waals surface area contributed by atoms with Crippen molar-refractivity contribution >= 4 is 5.91 Å². The van der Waals surface area contributed by atoms with Gasteiger partial charge in [-0.3, -0.25) is 14.4 Å². The van der Waals surface area contributed by atoms with Gasteiger partial charge in [-0.05, 0) is 58.6 Å². The van der Waals surface area contributed by atoms with Crippen LogP contribution >= 0.6 is 0 Å². The number of amides is 1. The Labute approximate surface area is 169 Å². The standard InChI is InChI=1S/C21H37N5O2/c1-16-17(2)22-26(18(16)3)15-21(28)25-8-7-20(19(14-25)6-5-13-27)24-11-9-23(4)10-12-24/h19-20,27H,5-15H2,1-4H3. The van der Waals surface area contributed by atoms with Crippen molar-refractivity contribution in [1.29, 1.82) is 0 Å². The predicted octanol–water partition coefficient (Wildman–Crippen LogP) is 1.05. The van der Waals surface area contributed by atoms with Crippen LogP contribution in [-0.4, -0.2) is 94.5 Å². The first-order valence-electron chi connectivity index (χ1n) is 10.7. The molecule has 1 N–H and O–H groups in total. The van der Waals surface area contributed by atoms with Crippen LogP contribution in [0.5, 0.6) is 0 Å². The zero-order valence-electron chi connectivity index (χ0n) is 18.0. The van der Waals surface area contributed by atoms with E-state index >= 15 is 0 Å². The minimum Gasteiger partial charge on any atom is -0.396 e. The molecule has 1 aromatic rings. The Morgan fingerprint density at radius 1 is 1.14 bits per heavy atom. The van der Waals surface area contributed by atoms with Crippen molar-refractivity contribution in [3.8, 4) is 0 Å². The molecule has 3 rings (SSSR count). The maximum absolute atomic E-state index is 13.0. The van der Waals surface area contributed by atoms with E-state index in [1.165, 1.54) is 5.56 Å². The Balaban J connectivity index is 1.64. The first-order chi connectivity index (χ1) is 13.4. The van der Waals surface area contributed by atoms with Crippen LogP contribution in [0.1, 0.15) is 36.2 Å². The lowest BCUT2D eigenvalue weighted by atomic mass is 9.86. The van der Waals surface area contributed by atoms with Gasteiger partial charge in [0.25, 0.3) is 0 Å². The summed E-state index contributed by atoms with van der Waals surface area (Å²) in [6.45, 7) is 12.7. The Morgan fingerprint density at radius 3 is 2.46 bits per heavy atom. The van der Waals surface area contributed by atoms with Crippen LogP contribution in [0.25, 0.3) is 0 Å². The van der Waals surface area contributed by atoms with Gasteiger partial charge in [-0.15, -0.1) is 0 Å². The number of likely N-dealkylation sites (N-methyl/N-ethyl adjacent to an activating group) is 1. The maximum atomic E-state index is 13.0. The molecule has 28 heavy (non-hydrogen) atoms. The summed E-state index contributed by atoms with van der Waals surface area (Å²) in [5.74, 6) is 0.604. The Morgan fingerprint density at radius 2 is 1.86 bits per heavy atom. The number of nitrogens with zero attached hydrogens (tertiary/aromatic N) is 5. The van der Waals surface area contributed by atoms with Gasteiger partial charge in [0, 0.05) is 57.6 Å². The summed E-state index contributed by atoms with van der Waals surface area (Å²) >= 11 is 0. The quantitative estimate of drug-likeness (QED) is 0.785. The molecule has 0 bridgehead atoms. The number of likely N-dealkylation sites (tertiary alicyclic amines) is 1. The van der Waals surface area contributed by atoms with Crippen molar-refractivity contribution in [2.75, 3.05) is 52.9 Å². The molecule has 0 spiro atoms. The van der Waals surface area contributed by atoms with Gasteiger partial charge in [0.2, 0.25) is 5.91 Å². The van der Waals surface area contributed by atoms with Gasteiger partial charge in [-0.1, -0.05) is 0 Å². The molecule has 2 fully saturated rings. The predicted molar refractivity (Wildman–Crippen MR) is 110 cm³/mol. The molecule has 2 aliphatic rings. The molecular formula is C21H37N5O2. The average molecular weight is 392 g/mol. The van der Waals surface area contributed by atoms with Crippen molar-refractivity contribution in [3.05, 3.63) is 17.0 Å². The largest absolute Gasteiger partial charge is 0.396 e. The number of aliphatic hydroxyl groups excluding tert-OH is 1. The fraction of sp³-hybridized carbons (Fsp3) is 0.810. The van der Waals surface area contributed by atoms with Crippen LogP contribution in [-0.2, 0) is 11.3 Å². The highest BCUT2D eigenvalue weighted by molar-refractivity contribution is 5.76. The number of piperazine rings is 1. The minimum atomic E-state index is 0.163. The second-order valence-corrected chi connectivity index (χ2v) is 8.61. The van der Waals surface area contributed by atoms with Crippen molar-refractivity contribution in [3.63, 3.8) is 0 Å². The van der Waals surface area contributed by atoms with E-state index in [-0.39, 0.29) is 12.5 Å². The van der Waals surface area contributed by atoms with Crippen molar-refractivity contribution < 1.29 is 9.90 Å². The molecule has 0 aromatic carbocycles. The Kier molecular flexibility index (Phi) is 7.12. The lowest BCUT2D eigenvalue weighted by Crippen LogP contribution is -2.57. The minimum absolute atomic E-state index is 0.163. The highest BCUT2D eigenvalue weighted by Gasteiger charge is 2.35. The van der Waals surface area contributed by atoms with E-state index in [2.05, 4.69) is 28.9 Å². The lowest BCUT2D eigenvalue weighted by Gasteiger charge is -2.46. The molecule has 0 aliphatic carbocycles. The molecule has 3 heterocycles. The second-order valence-electron chi connectivity index (χ2n) is 8.61. The number of aryl methyl sites for hydroxylation is 1. The summed E-state index contributed by atoms with van der Waals surface area (Å²) in [5, 5.41) is 13.9. The number of hydrogen-bond acceptors (Lipinski definition) is 5. The van der Waals surface area contributed by atoms with Crippen molar-refractivity contribution in [2.45, 2.75) is 52.6 Å². The van der Waals surface area contributed by atoms with Crippen LogP contribution in [0.4, 0.5) is 0 Å². The monoisotopic (exact) mass is 391 g/mol. The molecular weight excluding hydrogens is 354 g/mol. The zero-order valence-corrected chi connectivity index (χ0v) is 18.0. The first kappa shape index (κ1) is 21.3. The summed E-state index contributed by atoms with van der Waals surface area (Å²) < 4.78 is 1.85. The molecule has 2 atom stereocenters. The number of piperidine rings is 1. The van der Waals surface area contributed by atoms with Crippen LogP contribution in [0.2, 0.25) is 0 Å². The summed E-state index contributed by atoms with van der Waals surface area (Å²) in [4.78, 5) is 20.0. The van der Waals surface area contributed by atoms with Gasteiger partial charge >= 0.3 is 0 Å². The highest BCUT2D eigenvalue weighted by atomic mass is 16.3. The van der Waals surface area contributed by atoms with Gasteiger partial charge in [0.1, 0.15) is 6.54 Å². The molecule has 2 unspecified atom stereocenters. The van der Waals surface area contributed by atoms with Gasteiger partial charge in [-0.2, -0.15) is 5.10 Å². The number of aliphatic hydroxyl groups is 1. The Bertz CT molecular complexity index is 666. The van der Waals surface area contributed by atoms with Gasteiger partial charge in [0.05, 0.1) is 5.69 Å². The van der Waals surface area contributed by atoms with Crippen molar-refractivity contribution in [1.82, 2.24) is 24.5 Å². The molecule has 2 saturated heterocycles. The third-order valence-electron chi connectivity index (χ3n) is 6.81. The number of aromatic nitrogens is 2. The van der Waals surface area contributed by atoms with Crippen LogP contribution in [0.3, 0.4) is 0 Å². The SMILES string of the molecule is Cc1nn(CC(=O)N2CCC(N3CCN(C)CC3)C(CCCO)C2)c(C)c1C. The maximum Gasteiger partial charge on any atom is 0.244 e. The number of rotatable bonds is 6. The highest BCUT2D eigenvalue weighted by Crippen LogP contribution is 2.27. The molecule has 1 aromatic heterocycles. The summed E-state index contributed by atoms with van der Waals surface area (Å²) in [6, 6.07) is 0.528. The van der Waals surface area contributed by atoms with E-state index in [0.29, 0.717) is 18.5 Å². The summed E-state index contributed by atoms with van der Waals surface area (Å²) in [7, 11) is 2.18. The summed E-state index contributed by atoms with van der Waals surface area (Å²) in [5.41, 5.74) is 3.25. The van der Waals surface area contributed by atoms with E-state index in [9.17, 15) is 9.90 Å². The van der Waals surface area contributed by atoms with Gasteiger partial charge in [0.15, 0.2) is 0 Å². The number of hydrogen-bond donors (Lipinski definition) is 1. The molecule has 2 aliphatic heterocycles. The smallest absolute Gasteiger partial charge is 0.244 e. The molecule has 7 nitrogen and oxygen atoms in total. The fourth-order valence-corrected chi connectivity index (χ4v) is 4.69. The van der Waals surface area contributed by atoms with Crippen LogP contribution in [0, 0.1) is 26.7 Å². The number of carbonyl (C=O) groups is 1. The third kappa shape index (κ3) is 4.75. The van der Waals surface area contributed by atoms with E-state index < -0.39 is 0 Å². The van der Waals surface area contributed by atoms with E-state index in [1.807, 2.05) is 23.4 Å². The third-order valence-corrected chi connectivity index (χ3v) is 6.81. The second kappa shape index (κ2) is 9.37. The molecule has 0 saturated carbocycles. The van der Waals surface area contributed by atoms with Crippen LogP contribution in [0.15, 0.2) is 0 Å². The molecule has 0 radical (unpaired) electrons. The topological polar surface area (TPSA) is 64.8 Å². The zero-order chi connectivity index (χ0) is 20.3. The molecule has 158 valence electrons. The Hall–Kier alpha value is -1.44. The van der Waals surface area contributed by atoms with Crippen LogP contribution < -0.4 is 0 Å².